The summed E-state index contributed by atoms with van der Waals surface area (Å²) in [5.74, 6) is 0.505. The van der Waals surface area contributed by atoms with Gasteiger partial charge in [-0.2, -0.15) is 0 Å². The number of aliphatic hydroxyl groups is 1. The lowest BCUT2D eigenvalue weighted by atomic mass is 9.80. The maximum Gasteiger partial charge on any atom is 0.0583 e. The molecule has 116 valence electrons. The highest BCUT2D eigenvalue weighted by atomic mass is 16.3. The van der Waals surface area contributed by atoms with Gasteiger partial charge in [0.1, 0.15) is 0 Å². The van der Waals surface area contributed by atoms with Crippen molar-refractivity contribution in [3.8, 4) is 0 Å². The zero-order valence-electron chi connectivity index (χ0n) is 13.5. The zero-order chi connectivity index (χ0) is 14.8. The lowest BCUT2D eigenvalue weighted by Gasteiger charge is -2.37. The first kappa shape index (κ1) is 15.1. The van der Waals surface area contributed by atoms with E-state index in [-0.39, 0.29) is 6.10 Å². The van der Waals surface area contributed by atoms with E-state index in [0.29, 0.717) is 12.0 Å². The first-order chi connectivity index (χ1) is 10.2. The Kier molecular flexibility index (Phi) is 4.66. The Morgan fingerprint density at radius 1 is 1.05 bits per heavy atom. The van der Waals surface area contributed by atoms with Gasteiger partial charge in [-0.3, -0.25) is 4.90 Å². The quantitative estimate of drug-likeness (QED) is 0.913. The van der Waals surface area contributed by atoms with Gasteiger partial charge in [-0.25, -0.2) is 0 Å². The summed E-state index contributed by atoms with van der Waals surface area (Å²) < 4.78 is 0. The second-order valence-electron chi connectivity index (χ2n) is 7.07. The van der Waals surface area contributed by atoms with Crippen LogP contribution in [0.4, 0.5) is 0 Å². The maximum atomic E-state index is 10.4. The number of benzene rings is 1. The highest BCUT2D eigenvalue weighted by molar-refractivity contribution is 5.33. The first-order valence-corrected chi connectivity index (χ1v) is 8.64. The van der Waals surface area contributed by atoms with Crippen molar-refractivity contribution in [2.45, 2.75) is 71.1 Å². The second kappa shape index (κ2) is 6.50. The smallest absolute Gasteiger partial charge is 0.0583 e. The lowest BCUT2D eigenvalue weighted by molar-refractivity contribution is 0.0201. The van der Waals surface area contributed by atoms with Crippen LogP contribution >= 0.6 is 0 Å². The molecule has 1 N–H and O–H groups in total. The van der Waals surface area contributed by atoms with Crippen LogP contribution in [0.25, 0.3) is 0 Å². The van der Waals surface area contributed by atoms with E-state index in [0.717, 1.165) is 13.0 Å². The second-order valence-corrected chi connectivity index (χ2v) is 7.07. The van der Waals surface area contributed by atoms with E-state index in [1.165, 1.54) is 55.3 Å². The van der Waals surface area contributed by atoms with Gasteiger partial charge in [-0.05, 0) is 62.8 Å². The van der Waals surface area contributed by atoms with Crippen molar-refractivity contribution in [3.63, 3.8) is 0 Å². The normalized spacial score (nSPS) is 30.7. The van der Waals surface area contributed by atoms with Crippen LogP contribution in [-0.4, -0.2) is 28.7 Å². The molecule has 1 saturated heterocycles. The van der Waals surface area contributed by atoms with Crippen LogP contribution in [0.2, 0.25) is 0 Å². The third-order valence-corrected chi connectivity index (χ3v) is 5.70. The Morgan fingerprint density at radius 2 is 1.76 bits per heavy atom. The minimum atomic E-state index is -0.0673. The summed E-state index contributed by atoms with van der Waals surface area (Å²) in [6.45, 7) is 6.71. The molecule has 0 radical (unpaired) electrons. The number of nitrogens with zero attached hydrogens (tertiary/aromatic N) is 1. The third kappa shape index (κ3) is 3.17. The summed E-state index contributed by atoms with van der Waals surface area (Å²) in [6, 6.07) is 7.20. The zero-order valence-corrected chi connectivity index (χ0v) is 13.5. The highest BCUT2D eigenvalue weighted by Crippen LogP contribution is 2.35. The molecule has 0 amide bonds. The maximum absolute atomic E-state index is 10.4. The molecule has 21 heavy (non-hydrogen) atoms. The molecule has 1 heterocycles. The molecule has 3 rings (SSSR count). The predicted molar refractivity (Wildman–Crippen MR) is 87.3 cm³/mol. The van der Waals surface area contributed by atoms with Crippen LogP contribution in [0.3, 0.4) is 0 Å². The van der Waals surface area contributed by atoms with E-state index in [4.69, 9.17) is 0 Å². The van der Waals surface area contributed by atoms with E-state index in [9.17, 15) is 5.11 Å². The van der Waals surface area contributed by atoms with Gasteiger partial charge in [0.15, 0.2) is 0 Å². The Morgan fingerprint density at radius 3 is 2.48 bits per heavy atom. The molecular formula is C19H29NO. The van der Waals surface area contributed by atoms with Crippen molar-refractivity contribution in [1.29, 1.82) is 0 Å². The average molecular weight is 287 g/mol. The van der Waals surface area contributed by atoms with Crippen molar-refractivity contribution < 1.29 is 5.11 Å². The Bertz CT molecular complexity index is 464. The van der Waals surface area contributed by atoms with Crippen molar-refractivity contribution in [3.05, 3.63) is 34.9 Å². The third-order valence-electron chi connectivity index (χ3n) is 5.70. The van der Waals surface area contributed by atoms with Gasteiger partial charge >= 0.3 is 0 Å². The summed E-state index contributed by atoms with van der Waals surface area (Å²) in [4.78, 5) is 2.65. The molecule has 2 fully saturated rings. The van der Waals surface area contributed by atoms with Crippen LogP contribution in [0, 0.1) is 19.8 Å². The van der Waals surface area contributed by atoms with Crippen LogP contribution in [-0.2, 0) is 6.54 Å². The van der Waals surface area contributed by atoms with E-state index in [1.807, 2.05) is 0 Å². The minimum Gasteiger partial charge on any atom is -0.393 e. The van der Waals surface area contributed by atoms with Crippen molar-refractivity contribution in [2.75, 3.05) is 6.54 Å². The van der Waals surface area contributed by atoms with Gasteiger partial charge in [0.2, 0.25) is 0 Å². The molecule has 1 aromatic rings. The molecule has 2 aliphatic rings. The Hall–Kier alpha value is -0.860. The van der Waals surface area contributed by atoms with Gasteiger partial charge in [0, 0.05) is 18.5 Å². The van der Waals surface area contributed by atoms with E-state index >= 15 is 0 Å². The van der Waals surface area contributed by atoms with Crippen LogP contribution in [0.5, 0.6) is 0 Å². The standard InChI is InChI=1S/C19H29NO/c1-14-7-5-8-15(2)17(14)13-20-12-6-10-18(20)16-9-3-4-11-19(16)21/h5,7-8,16,18-19,21H,3-4,6,9-13H2,1-2H3. The molecule has 2 nitrogen and oxygen atoms in total. The van der Waals surface area contributed by atoms with Gasteiger partial charge < -0.3 is 5.11 Å². The number of rotatable bonds is 3. The average Bonchev–Trinajstić information content (AvgIpc) is 2.92. The molecular weight excluding hydrogens is 258 g/mol. The fourth-order valence-electron chi connectivity index (χ4n) is 4.42. The fraction of sp³-hybridized carbons (Fsp3) is 0.684. The number of hydrogen-bond donors (Lipinski definition) is 1. The number of likely N-dealkylation sites (tertiary alicyclic amines) is 1. The molecule has 1 aliphatic heterocycles. The monoisotopic (exact) mass is 287 g/mol. The van der Waals surface area contributed by atoms with Crippen molar-refractivity contribution in [2.24, 2.45) is 5.92 Å². The molecule has 0 bridgehead atoms. The molecule has 3 unspecified atom stereocenters. The van der Waals surface area contributed by atoms with Crippen molar-refractivity contribution in [1.82, 2.24) is 4.90 Å². The molecule has 1 saturated carbocycles. The number of hydrogen-bond acceptors (Lipinski definition) is 2. The molecule has 2 heteroatoms. The highest BCUT2D eigenvalue weighted by Gasteiger charge is 2.36. The molecule has 3 atom stereocenters. The summed E-state index contributed by atoms with van der Waals surface area (Å²) in [7, 11) is 0. The lowest BCUT2D eigenvalue weighted by Crippen LogP contribution is -2.42. The largest absolute Gasteiger partial charge is 0.393 e. The first-order valence-electron chi connectivity index (χ1n) is 8.64. The Balaban J connectivity index is 1.75. The number of aliphatic hydroxyl groups excluding tert-OH is 1. The number of aryl methyl sites for hydroxylation is 2. The van der Waals surface area contributed by atoms with Crippen LogP contribution in [0.15, 0.2) is 18.2 Å². The Labute approximate surface area is 129 Å². The van der Waals surface area contributed by atoms with Crippen molar-refractivity contribution >= 4 is 0 Å². The predicted octanol–water partition coefficient (Wildman–Crippen LogP) is 3.82. The topological polar surface area (TPSA) is 23.5 Å². The molecule has 0 spiro atoms. The molecule has 0 aromatic heterocycles. The summed E-state index contributed by atoms with van der Waals surface area (Å²) in [6.07, 6.45) is 7.23. The van der Waals surface area contributed by atoms with Gasteiger partial charge in [0.05, 0.1) is 6.10 Å². The molecule has 1 aromatic carbocycles. The van der Waals surface area contributed by atoms with Crippen LogP contribution in [0.1, 0.15) is 55.2 Å². The van der Waals surface area contributed by atoms with Gasteiger partial charge in [-0.1, -0.05) is 31.0 Å². The van der Waals surface area contributed by atoms with E-state index < -0.39 is 0 Å². The summed E-state index contributed by atoms with van der Waals surface area (Å²) in [5, 5.41) is 10.4. The van der Waals surface area contributed by atoms with E-state index in [1.54, 1.807) is 0 Å². The summed E-state index contributed by atoms with van der Waals surface area (Å²) >= 11 is 0. The van der Waals surface area contributed by atoms with E-state index in [2.05, 4.69) is 36.9 Å². The van der Waals surface area contributed by atoms with Gasteiger partial charge in [-0.15, -0.1) is 0 Å². The minimum absolute atomic E-state index is 0.0673. The van der Waals surface area contributed by atoms with Crippen LogP contribution < -0.4 is 0 Å². The molecule has 1 aliphatic carbocycles. The van der Waals surface area contributed by atoms with Gasteiger partial charge in [0.25, 0.3) is 0 Å². The SMILES string of the molecule is Cc1cccc(C)c1CN1CCCC1C1CCCCC1O. The summed E-state index contributed by atoms with van der Waals surface area (Å²) in [5.41, 5.74) is 4.31. The fourth-order valence-corrected chi connectivity index (χ4v) is 4.42.